The van der Waals surface area contributed by atoms with E-state index in [0.29, 0.717) is 5.92 Å². The fourth-order valence-corrected chi connectivity index (χ4v) is 3.20. The Bertz CT molecular complexity index is 522. The fourth-order valence-electron chi connectivity index (χ4n) is 3.20. The molecule has 134 valence electrons. The molecule has 0 aliphatic carbocycles. The van der Waals surface area contributed by atoms with Crippen LogP contribution in [0.4, 0.5) is 0 Å². The minimum Gasteiger partial charge on any atom is -0.481 e. The van der Waals surface area contributed by atoms with Crippen molar-refractivity contribution in [3.8, 4) is 5.75 Å². The number of hydrogen-bond acceptors (Lipinski definition) is 3. The number of carbonyl (C=O) groups is 1. The lowest BCUT2D eigenvalue weighted by molar-refractivity contribution is -0.127. The van der Waals surface area contributed by atoms with E-state index in [1.165, 1.54) is 25.9 Å². The standard InChI is InChI=1S/C20H32N2O2/c1-15(2)18-7-5-6-8-19(18)24-16(3)20(23)21-12-9-17-10-13-22(4)14-11-17/h5-8,15-17H,9-14H2,1-4H3,(H,21,23)/t16-/m0/s1. The first-order valence-electron chi connectivity index (χ1n) is 9.19. The third-order valence-corrected chi connectivity index (χ3v) is 4.90. The molecule has 4 nitrogen and oxygen atoms in total. The van der Waals surface area contributed by atoms with Gasteiger partial charge in [-0.1, -0.05) is 32.0 Å². The highest BCUT2D eigenvalue weighted by molar-refractivity contribution is 5.80. The van der Waals surface area contributed by atoms with Gasteiger partial charge in [0.15, 0.2) is 6.10 Å². The van der Waals surface area contributed by atoms with Gasteiger partial charge in [0.05, 0.1) is 0 Å². The lowest BCUT2D eigenvalue weighted by Gasteiger charge is -2.29. The van der Waals surface area contributed by atoms with Gasteiger partial charge in [0.2, 0.25) is 0 Å². The molecule has 1 atom stereocenters. The van der Waals surface area contributed by atoms with Gasteiger partial charge in [0, 0.05) is 6.54 Å². The number of benzene rings is 1. The number of nitrogens with zero attached hydrogens (tertiary/aromatic N) is 1. The Balaban J connectivity index is 1.76. The summed E-state index contributed by atoms with van der Waals surface area (Å²) in [6.45, 7) is 9.17. The summed E-state index contributed by atoms with van der Waals surface area (Å²) >= 11 is 0. The Kier molecular flexibility index (Phi) is 7.10. The summed E-state index contributed by atoms with van der Waals surface area (Å²) in [6, 6.07) is 7.96. The lowest BCUT2D eigenvalue weighted by atomic mass is 9.94. The van der Waals surface area contributed by atoms with E-state index in [0.717, 1.165) is 30.2 Å². The predicted octanol–water partition coefficient (Wildman–Crippen LogP) is 3.43. The van der Waals surface area contributed by atoms with Crippen LogP contribution < -0.4 is 10.1 Å². The molecule has 1 heterocycles. The Hall–Kier alpha value is -1.55. The average Bonchev–Trinajstić information content (AvgIpc) is 2.56. The summed E-state index contributed by atoms with van der Waals surface area (Å²) in [5, 5.41) is 3.03. The summed E-state index contributed by atoms with van der Waals surface area (Å²) in [4.78, 5) is 14.7. The number of hydrogen-bond donors (Lipinski definition) is 1. The Morgan fingerprint density at radius 2 is 1.92 bits per heavy atom. The number of piperidine rings is 1. The third kappa shape index (κ3) is 5.52. The molecule has 1 aromatic carbocycles. The lowest BCUT2D eigenvalue weighted by Crippen LogP contribution is -2.38. The quantitative estimate of drug-likeness (QED) is 0.832. The van der Waals surface area contributed by atoms with Crippen molar-refractivity contribution in [3.05, 3.63) is 29.8 Å². The monoisotopic (exact) mass is 332 g/mol. The Morgan fingerprint density at radius 3 is 2.58 bits per heavy atom. The molecule has 0 spiro atoms. The van der Waals surface area contributed by atoms with Crippen LogP contribution in [0.5, 0.6) is 5.75 Å². The first kappa shape index (κ1) is 18.8. The van der Waals surface area contributed by atoms with Gasteiger partial charge >= 0.3 is 0 Å². The van der Waals surface area contributed by atoms with E-state index in [-0.39, 0.29) is 5.91 Å². The average molecular weight is 332 g/mol. The number of rotatable bonds is 7. The highest BCUT2D eigenvalue weighted by Crippen LogP contribution is 2.26. The molecule has 1 saturated heterocycles. The van der Waals surface area contributed by atoms with E-state index in [9.17, 15) is 4.79 Å². The minimum atomic E-state index is -0.470. The summed E-state index contributed by atoms with van der Waals surface area (Å²) in [5.41, 5.74) is 1.14. The van der Waals surface area contributed by atoms with Gasteiger partial charge in [-0.2, -0.15) is 0 Å². The smallest absolute Gasteiger partial charge is 0.260 e. The maximum absolute atomic E-state index is 12.3. The van der Waals surface area contributed by atoms with Gasteiger partial charge in [-0.05, 0) is 69.8 Å². The molecule has 1 aromatic rings. The van der Waals surface area contributed by atoms with Gasteiger partial charge in [0.25, 0.3) is 5.91 Å². The zero-order valence-electron chi connectivity index (χ0n) is 15.5. The molecule has 0 aromatic heterocycles. The van der Waals surface area contributed by atoms with Crippen molar-refractivity contribution in [2.45, 2.75) is 52.1 Å². The molecule has 0 bridgehead atoms. The maximum Gasteiger partial charge on any atom is 0.260 e. The summed E-state index contributed by atoms with van der Waals surface area (Å²) in [7, 11) is 2.17. The molecule has 4 heteroatoms. The van der Waals surface area contributed by atoms with E-state index in [4.69, 9.17) is 4.74 Å². The van der Waals surface area contributed by atoms with Gasteiger partial charge < -0.3 is 15.0 Å². The van der Waals surface area contributed by atoms with Crippen LogP contribution in [0.1, 0.15) is 51.5 Å². The fraction of sp³-hybridized carbons (Fsp3) is 0.650. The van der Waals surface area contributed by atoms with E-state index in [1.54, 1.807) is 0 Å². The van der Waals surface area contributed by atoms with Crippen LogP contribution in [0.2, 0.25) is 0 Å². The second-order valence-corrected chi connectivity index (χ2v) is 7.28. The molecular weight excluding hydrogens is 300 g/mol. The second-order valence-electron chi connectivity index (χ2n) is 7.28. The van der Waals surface area contributed by atoms with Gasteiger partial charge in [0.1, 0.15) is 5.75 Å². The van der Waals surface area contributed by atoms with E-state index < -0.39 is 6.10 Å². The molecule has 1 aliphatic rings. The molecule has 1 fully saturated rings. The summed E-state index contributed by atoms with van der Waals surface area (Å²) < 4.78 is 5.91. The molecule has 1 aliphatic heterocycles. The van der Waals surface area contributed by atoms with Gasteiger partial charge in [-0.3, -0.25) is 4.79 Å². The van der Waals surface area contributed by atoms with Crippen molar-refractivity contribution in [2.75, 3.05) is 26.7 Å². The number of para-hydroxylation sites is 1. The first-order valence-corrected chi connectivity index (χ1v) is 9.19. The van der Waals surface area contributed by atoms with Crippen LogP contribution >= 0.6 is 0 Å². The van der Waals surface area contributed by atoms with Crippen molar-refractivity contribution in [3.63, 3.8) is 0 Å². The highest BCUT2D eigenvalue weighted by atomic mass is 16.5. The van der Waals surface area contributed by atoms with E-state index >= 15 is 0 Å². The molecule has 2 rings (SSSR count). The predicted molar refractivity (Wildman–Crippen MR) is 98.5 cm³/mol. The topological polar surface area (TPSA) is 41.6 Å². The number of nitrogens with one attached hydrogen (secondary N) is 1. The van der Waals surface area contributed by atoms with Crippen molar-refractivity contribution < 1.29 is 9.53 Å². The number of likely N-dealkylation sites (tertiary alicyclic amines) is 1. The van der Waals surface area contributed by atoms with Gasteiger partial charge in [-0.15, -0.1) is 0 Å². The van der Waals surface area contributed by atoms with Crippen LogP contribution in [0, 0.1) is 5.92 Å². The molecule has 1 amide bonds. The second kappa shape index (κ2) is 9.07. The maximum atomic E-state index is 12.3. The van der Waals surface area contributed by atoms with Crippen molar-refractivity contribution in [2.24, 2.45) is 5.92 Å². The molecular formula is C20H32N2O2. The van der Waals surface area contributed by atoms with Crippen LogP contribution in [-0.2, 0) is 4.79 Å². The summed E-state index contributed by atoms with van der Waals surface area (Å²) in [6.07, 6.45) is 3.07. The molecule has 0 radical (unpaired) electrons. The molecule has 0 saturated carbocycles. The van der Waals surface area contributed by atoms with Crippen LogP contribution in [0.25, 0.3) is 0 Å². The summed E-state index contributed by atoms with van der Waals surface area (Å²) in [5.74, 6) is 1.90. The number of amides is 1. The third-order valence-electron chi connectivity index (χ3n) is 4.90. The van der Waals surface area contributed by atoms with E-state index in [1.807, 2.05) is 25.1 Å². The largest absolute Gasteiger partial charge is 0.481 e. The number of ether oxygens (including phenoxy) is 1. The zero-order chi connectivity index (χ0) is 17.5. The van der Waals surface area contributed by atoms with Crippen molar-refractivity contribution in [1.82, 2.24) is 10.2 Å². The molecule has 24 heavy (non-hydrogen) atoms. The normalized spacial score (nSPS) is 17.7. The Morgan fingerprint density at radius 1 is 1.25 bits per heavy atom. The number of carbonyl (C=O) groups excluding carboxylic acids is 1. The molecule has 1 N–H and O–H groups in total. The minimum absolute atomic E-state index is 0.0264. The van der Waals surface area contributed by atoms with E-state index in [2.05, 4.69) is 37.2 Å². The highest BCUT2D eigenvalue weighted by Gasteiger charge is 2.19. The van der Waals surface area contributed by atoms with Crippen molar-refractivity contribution in [1.29, 1.82) is 0 Å². The van der Waals surface area contributed by atoms with Crippen LogP contribution in [0.3, 0.4) is 0 Å². The van der Waals surface area contributed by atoms with Crippen molar-refractivity contribution >= 4 is 5.91 Å². The van der Waals surface area contributed by atoms with Gasteiger partial charge in [-0.25, -0.2) is 0 Å². The Labute approximate surface area is 146 Å². The van der Waals surface area contributed by atoms with Crippen LogP contribution in [-0.4, -0.2) is 43.6 Å². The first-order chi connectivity index (χ1) is 11.5. The van der Waals surface area contributed by atoms with Crippen LogP contribution in [0.15, 0.2) is 24.3 Å². The molecule has 0 unspecified atom stereocenters. The zero-order valence-corrected chi connectivity index (χ0v) is 15.5. The SMILES string of the molecule is CC(C)c1ccccc1O[C@@H](C)C(=O)NCCC1CCN(C)CC1.